The maximum Gasteiger partial charge on any atom is 0.573 e. The van der Waals surface area contributed by atoms with Crippen LogP contribution in [0.5, 0.6) is 5.75 Å². The third-order valence-corrected chi connectivity index (χ3v) is 3.88. The van der Waals surface area contributed by atoms with E-state index in [2.05, 4.69) is 21.9 Å². The Kier molecular flexibility index (Phi) is 6.85. The molecule has 1 aliphatic heterocycles. The lowest BCUT2D eigenvalue weighted by molar-refractivity contribution is -0.274. The van der Waals surface area contributed by atoms with Gasteiger partial charge in [-0.1, -0.05) is 19.1 Å². The maximum absolute atomic E-state index is 12.1. The molecule has 2 atom stereocenters. The summed E-state index contributed by atoms with van der Waals surface area (Å²) in [6, 6.07) is 5.22. The molecule has 136 valence electrons. The number of hydrogen-bond acceptors (Lipinski definition) is 5. The van der Waals surface area contributed by atoms with Crippen LogP contribution in [-0.4, -0.2) is 61.8 Å². The van der Waals surface area contributed by atoms with E-state index in [0.717, 1.165) is 19.6 Å². The number of morpholine rings is 1. The smallest absolute Gasteiger partial charge is 0.406 e. The molecule has 5 nitrogen and oxygen atoms in total. The summed E-state index contributed by atoms with van der Waals surface area (Å²) in [7, 11) is 0. The number of rotatable bonds is 7. The zero-order valence-corrected chi connectivity index (χ0v) is 13.6. The van der Waals surface area contributed by atoms with Crippen LogP contribution in [0.1, 0.15) is 18.6 Å². The Morgan fingerprint density at radius 2 is 2.08 bits per heavy atom. The zero-order chi connectivity index (χ0) is 17.6. The molecule has 0 saturated carbocycles. The molecule has 0 bridgehead atoms. The van der Waals surface area contributed by atoms with Gasteiger partial charge >= 0.3 is 6.36 Å². The number of benzene rings is 1. The molecule has 1 aromatic rings. The molecule has 0 aromatic heterocycles. The lowest BCUT2D eigenvalue weighted by Gasteiger charge is -2.32. The van der Waals surface area contributed by atoms with Crippen LogP contribution in [0, 0.1) is 0 Å². The summed E-state index contributed by atoms with van der Waals surface area (Å²) in [5, 5.41) is 13.2. The van der Waals surface area contributed by atoms with Gasteiger partial charge in [-0.2, -0.15) is 0 Å². The lowest BCUT2D eigenvalue weighted by Crippen LogP contribution is -2.46. The summed E-state index contributed by atoms with van der Waals surface area (Å²) in [6.07, 6.45) is -5.45. The largest absolute Gasteiger partial charge is 0.573 e. The number of ether oxygens (including phenoxy) is 2. The molecule has 2 unspecified atom stereocenters. The summed E-state index contributed by atoms with van der Waals surface area (Å²) < 4.78 is 45.8. The molecule has 2 rings (SSSR count). The van der Waals surface area contributed by atoms with Crippen LogP contribution in [0.4, 0.5) is 13.2 Å². The summed E-state index contributed by atoms with van der Waals surface area (Å²) in [5.41, 5.74) is 0.525. The normalized spacial score (nSPS) is 20.8. The third kappa shape index (κ3) is 6.27. The van der Waals surface area contributed by atoms with Crippen molar-refractivity contribution < 1.29 is 27.8 Å². The molecule has 1 aromatic carbocycles. The molecule has 0 amide bonds. The number of halogens is 3. The molecule has 1 heterocycles. The van der Waals surface area contributed by atoms with Gasteiger partial charge in [0, 0.05) is 26.2 Å². The van der Waals surface area contributed by atoms with Crippen molar-refractivity contribution in [2.75, 3.05) is 39.3 Å². The highest BCUT2D eigenvalue weighted by Crippen LogP contribution is 2.24. The molecule has 1 saturated heterocycles. The molecule has 1 fully saturated rings. The highest BCUT2D eigenvalue weighted by molar-refractivity contribution is 5.28. The van der Waals surface area contributed by atoms with E-state index < -0.39 is 12.5 Å². The van der Waals surface area contributed by atoms with Crippen LogP contribution < -0.4 is 10.1 Å². The first-order valence-electron chi connectivity index (χ1n) is 7.96. The number of aliphatic hydroxyl groups is 1. The van der Waals surface area contributed by atoms with Gasteiger partial charge in [0.15, 0.2) is 0 Å². The fourth-order valence-electron chi connectivity index (χ4n) is 2.58. The minimum atomic E-state index is -4.71. The Morgan fingerprint density at radius 1 is 1.38 bits per heavy atom. The first-order valence-corrected chi connectivity index (χ1v) is 7.96. The van der Waals surface area contributed by atoms with Crippen LogP contribution in [-0.2, 0) is 4.74 Å². The van der Waals surface area contributed by atoms with Gasteiger partial charge in [0.25, 0.3) is 0 Å². The predicted molar refractivity (Wildman–Crippen MR) is 82.8 cm³/mol. The second kappa shape index (κ2) is 8.66. The van der Waals surface area contributed by atoms with E-state index >= 15 is 0 Å². The molecule has 1 aliphatic rings. The number of likely N-dealkylation sites (N-methyl/N-ethyl adjacent to an activating group) is 1. The van der Waals surface area contributed by atoms with Crippen molar-refractivity contribution in [3.63, 3.8) is 0 Å². The molecule has 0 radical (unpaired) electrons. The van der Waals surface area contributed by atoms with Gasteiger partial charge in [0.1, 0.15) is 5.75 Å². The lowest BCUT2D eigenvalue weighted by atomic mass is 10.1. The SMILES string of the molecule is CCN1CCOC(CNCC(O)c2ccc(OC(F)(F)F)cc2)C1. The predicted octanol–water partition coefficient (Wildman–Crippen LogP) is 1.93. The second-order valence-electron chi connectivity index (χ2n) is 5.68. The Balaban J connectivity index is 1.75. The first-order chi connectivity index (χ1) is 11.4. The molecule has 2 N–H and O–H groups in total. The van der Waals surface area contributed by atoms with Gasteiger partial charge in [0.05, 0.1) is 18.8 Å². The first kappa shape index (κ1) is 19.0. The molecule has 0 aliphatic carbocycles. The van der Waals surface area contributed by atoms with Gasteiger partial charge in [-0.05, 0) is 24.2 Å². The number of alkyl halides is 3. The summed E-state index contributed by atoms with van der Waals surface area (Å²) in [6.45, 7) is 6.48. The average Bonchev–Trinajstić information content (AvgIpc) is 2.54. The summed E-state index contributed by atoms with van der Waals surface area (Å²) >= 11 is 0. The van der Waals surface area contributed by atoms with Crippen molar-refractivity contribution in [3.8, 4) is 5.75 Å². The van der Waals surface area contributed by atoms with E-state index in [-0.39, 0.29) is 11.9 Å². The summed E-state index contributed by atoms with van der Waals surface area (Å²) in [5.74, 6) is -0.304. The summed E-state index contributed by atoms with van der Waals surface area (Å²) in [4.78, 5) is 2.30. The number of aliphatic hydroxyl groups excluding tert-OH is 1. The van der Waals surface area contributed by atoms with Gasteiger partial charge in [-0.3, -0.25) is 4.90 Å². The quantitative estimate of drug-likeness (QED) is 0.789. The minimum absolute atomic E-state index is 0.0773. The second-order valence-corrected chi connectivity index (χ2v) is 5.68. The van der Waals surface area contributed by atoms with Crippen LogP contribution >= 0.6 is 0 Å². The molecule has 24 heavy (non-hydrogen) atoms. The van der Waals surface area contributed by atoms with Gasteiger partial charge in [-0.15, -0.1) is 13.2 Å². The average molecular weight is 348 g/mol. The van der Waals surface area contributed by atoms with Gasteiger partial charge in [0.2, 0.25) is 0 Å². The van der Waals surface area contributed by atoms with E-state index in [1.54, 1.807) is 0 Å². The Morgan fingerprint density at radius 3 is 2.71 bits per heavy atom. The number of nitrogens with one attached hydrogen (secondary N) is 1. The molecular weight excluding hydrogens is 325 g/mol. The minimum Gasteiger partial charge on any atom is -0.406 e. The fraction of sp³-hybridized carbons (Fsp3) is 0.625. The number of hydrogen-bond donors (Lipinski definition) is 2. The van der Waals surface area contributed by atoms with Crippen molar-refractivity contribution in [2.45, 2.75) is 25.5 Å². The monoisotopic (exact) mass is 348 g/mol. The third-order valence-electron chi connectivity index (χ3n) is 3.88. The molecular formula is C16H23F3N2O3. The Hall–Kier alpha value is -1.35. The topological polar surface area (TPSA) is 54.0 Å². The fourth-order valence-corrected chi connectivity index (χ4v) is 2.58. The van der Waals surface area contributed by atoms with Crippen molar-refractivity contribution in [3.05, 3.63) is 29.8 Å². The van der Waals surface area contributed by atoms with Crippen LogP contribution in [0.2, 0.25) is 0 Å². The van der Waals surface area contributed by atoms with Crippen LogP contribution in [0.15, 0.2) is 24.3 Å². The van der Waals surface area contributed by atoms with E-state index in [0.29, 0.717) is 25.3 Å². The van der Waals surface area contributed by atoms with Crippen LogP contribution in [0.25, 0.3) is 0 Å². The van der Waals surface area contributed by atoms with E-state index in [1.165, 1.54) is 24.3 Å². The highest BCUT2D eigenvalue weighted by atomic mass is 19.4. The van der Waals surface area contributed by atoms with Gasteiger partial charge in [-0.25, -0.2) is 0 Å². The standard InChI is InChI=1S/C16H23F3N2O3/c1-2-21-7-8-23-14(11-21)9-20-10-15(22)12-3-5-13(6-4-12)24-16(17,18)19/h3-6,14-15,20,22H,2,7-11H2,1H3. The Bertz CT molecular complexity index is 496. The van der Waals surface area contributed by atoms with Crippen molar-refractivity contribution in [1.29, 1.82) is 0 Å². The van der Waals surface area contributed by atoms with Crippen molar-refractivity contribution in [2.24, 2.45) is 0 Å². The number of nitrogens with zero attached hydrogens (tertiary/aromatic N) is 1. The van der Waals surface area contributed by atoms with Crippen LogP contribution in [0.3, 0.4) is 0 Å². The molecule has 8 heteroatoms. The van der Waals surface area contributed by atoms with E-state index in [4.69, 9.17) is 4.74 Å². The van der Waals surface area contributed by atoms with Crippen molar-refractivity contribution in [1.82, 2.24) is 10.2 Å². The van der Waals surface area contributed by atoms with E-state index in [1.807, 2.05) is 0 Å². The maximum atomic E-state index is 12.1. The molecule has 0 spiro atoms. The van der Waals surface area contributed by atoms with E-state index in [9.17, 15) is 18.3 Å². The van der Waals surface area contributed by atoms with Crippen molar-refractivity contribution >= 4 is 0 Å². The Labute approximate surface area is 139 Å². The zero-order valence-electron chi connectivity index (χ0n) is 13.6. The highest BCUT2D eigenvalue weighted by Gasteiger charge is 2.31. The van der Waals surface area contributed by atoms with Gasteiger partial charge < -0.3 is 19.9 Å².